The second-order valence-electron chi connectivity index (χ2n) is 7.65. The van der Waals surface area contributed by atoms with Crippen LogP contribution in [0.15, 0.2) is 52.1 Å². The molecule has 4 rings (SSSR count). The molecule has 0 N–H and O–H groups in total. The van der Waals surface area contributed by atoms with Crippen LogP contribution in [0.3, 0.4) is 0 Å². The number of piperidine rings is 1. The second kappa shape index (κ2) is 8.86. The van der Waals surface area contributed by atoms with Crippen LogP contribution in [0.4, 0.5) is 0 Å². The zero-order valence-electron chi connectivity index (χ0n) is 15.9. The predicted molar refractivity (Wildman–Crippen MR) is 116 cm³/mol. The highest BCUT2D eigenvalue weighted by Gasteiger charge is 2.42. The molecule has 0 aliphatic carbocycles. The molecule has 0 bridgehead atoms. The molecular formula is C22H22BrClN2O3. The maximum Gasteiger partial charge on any atom is 0.293 e. The van der Waals surface area contributed by atoms with E-state index in [0.29, 0.717) is 6.47 Å². The van der Waals surface area contributed by atoms with Gasteiger partial charge < -0.3 is 9.57 Å². The number of likely N-dealkylation sites (tertiary alicyclic amines) is 1. The highest BCUT2D eigenvalue weighted by Crippen LogP contribution is 2.36. The molecule has 152 valence electrons. The SMILES string of the molecule is O=COCc1ccc(C2=NOC3(CCN(Cc4cc(Cl)cc(Br)c4)CC3)C2)cc1. The molecule has 0 unspecified atom stereocenters. The first-order valence-corrected chi connectivity index (χ1v) is 10.8. The van der Waals surface area contributed by atoms with Crippen molar-refractivity contribution >= 4 is 39.7 Å². The molecule has 0 aromatic heterocycles. The van der Waals surface area contributed by atoms with Crippen LogP contribution in [0.2, 0.25) is 5.02 Å². The molecule has 1 spiro atoms. The van der Waals surface area contributed by atoms with Crippen LogP contribution in [-0.2, 0) is 27.5 Å². The van der Waals surface area contributed by atoms with Crippen LogP contribution in [0.5, 0.6) is 0 Å². The smallest absolute Gasteiger partial charge is 0.293 e. The van der Waals surface area contributed by atoms with E-state index in [1.54, 1.807) is 0 Å². The van der Waals surface area contributed by atoms with Crippen molar-refractivity contribution < 1.29 is 14.4 Å². The lowest BCUT2D eigenvalue weighted by atomic mass is 9.85. The van der Waals surface area contributed by atoms with Crippen molar-refractivity contribution in [1.29, 1.82) is 0 Å². The zero-order chi connectivity index (χ0) is 20.3. The Morgan fingerprint density at radius 2 is 1.93 bits per heavy atom. The minimum Gasteiger partial charge on any atom is -0.463 e. The van der Waals surface area contributed by atoms with E-state index in [1.165, 1.54) is 5.56 Å². The number of halogens is 2. The summed E-state index contributed by atoms with van der Waals surface area (Å²) in [7, 11) is 0. The van der Waals surface area contributed by atoms with Gasteiger partial charge in [0.2, 0.25) is 0 Å². The Labute approximate surface area is 183 Å². The quantitative estimate of drug-likeness (QED) is 0.553. The van der Waals surface area contributed by atoms with E-state index < -0.39 is 0 Å². The molecule has 0 saturated carbocycles. The number of benzene rings is 2. The van der Waals surface area contributed by atoms with Gasteiger partial charge in [-0.25, -0.2) is 0 Å². The average Bonchev–Trinajstić information content (AvgIpc) is 3.12. The Hall–Kier alpha value is -1.89. The van der Waals surface area contributed by atoms with Crippen molar-refractivity contribution in [2.24, 2.45) is 5.16 Å². The Morgan fingerprint density at radius 1 is 1.17 bits per heavy atom. The molecule has 2 aliphatic rings. The van der Waals surface area contributed by atoms with Crippen molar-refractivity contribution in [1.82, 2.24) is 4.90 Å². The molecule has 5 nitrogen and oxygen atoms in total. The Bertz CT molecular complexity index is 889. The number of nitrogens with zero attached hydrogens (tertiary/aromatic N) is 2. The van der Waals surface area contributed by atoms with Crippen molar-refractivity contribution in [2.45, 2.75) is 38.0 Å². The van der Waals surface area contributed by atoms with Crippen molar-refractivity contribution in [3.05, 3.63) is 68.7 Å². The van der Waals surface area contributed by atoms with Gasteiger partial charge >= 0.3 is 0 Å². The molecule has 2 aromatic rings. The summed E-state index contributed by atoms with van der Waals surface area (Å²) in [4.78, 5) is 18.7. The summed E-state index contributed by atoms with van der Waals surface area (Å²) in [5.74, 6) is 0. The van der Waals surface area contributed by atoms with Gasteiger partial charge in [0.1, 0.15) is 12.2 Å². The topological polar surface area (TPSA) is 51.1 Å². The normalized spacial score (nSPS) is 18.3. The standard InChI is InChI=1S/C22H22BrClN2O3/c23-19-9-17(10-20(24)11-19)13-26-7-5-22(6-8-26)12-21(25-29-22)18-3-1-16(2-4-18)14-28-15-27/h1-4,9-11,15H,5-8,12-14H2. The fourth-order valence-corrected chi connectivity index (χ4v) is 4.88. The van der Waals surface area contributed by atoms with Gasteiger partial charge in [0.15, 0.2) is 0 Å². The molecule has 2 aliphatic heterocycles. The van der Waals surface area contributed by atoms with Gasteiger partial charge in [-0.05, 0) is 34.9 Å². The van der Waals surface area contributed by atoms with Gasteiger partial charge in [-0.15, -0.1) is 0 Å². The molecule has 0 radical (unpaired) electrons. The lowest BCUT2D eigenvalue weighted by Crippen LogP contribution is -2.44. The van der Waals surface area contributed by atoms with Crippen LogP contribution in [-0.4, -0.2) is 35.8 Å². The van der Waals surface area contributed by atoms with E-state index in [0.717, 1.165) is 65.2 Å². The predicted octanol–water partition coefficient (Wildman–Crippen LogP) is 4.93. The molecular weight excluding hydrogens is 456 g/mol. The van der Waals surface area contributed by atoms with Crippen LogP contribution in [0, 0.1) is 0 Å². The molecule has 0 amide bonds. The van der Waals surface area contributed by atoms with Gasteiger partial charge in [-0.1, -0.05) is 57.0 Å². The van der Waals surface area contributed by atoms with Gasteiger partial charge in [0, 0.05) is 48.4 Å². The number of hydrogen-bond acceptors (Lipinski definition) is 5. The first-order valence-electron chi connectivity index (χ1n) is 9.62. The molecule has 0 atom stereocenters. The number of carbonyl (C=O) groups excluding carboxylic acids is 1. The lowest BCUT2D eigenvalue weighted by molar-refractivity contribution is -0.129. The van der Waals surface area contributed by atoms with Crippen molar-refractivity contribution in [3.8, 4) is 0 Å². The number of oxime groups is 1. The van der Waals surface area contributed by atoms with Crippen molar-refractivity contribution in [2.75, 3.05) is 13.1 Å². The third kappa shape index (κ3) is 5.00. The minimum absolute atomic E-state index is 0.194. The maximum absolute atomic E-state index is 10.3. The van der Waals surface area contributed by atoms with Gasteiger partial charge in [-0.2, -0.15) is 0 Å². The summed E-state index contributed by atoms with van der Waals surface area (Å²) in [6.07, 6.45) is 2.73. The van der Waals surface area contributed by atoms with Gasteiger partial charge in [0.25, 0.3) is 6.47 Å². The number of hydrogen-bond donors (Lipinski definition) is 0. The van der Waals surface area contributed by atoms with E-state index in [9.17, 15) is 4.79 Å². The third-order valence-corrected chi connectivity index (χ3v) is 6.22. The average molecular weight is 478 g/mol. The zero-order valence-corrected chi connectivity index (χ0v) is 18.3. The molecule has 2 heterocycles. The van der Waals surface area contributed by atoms with Gasteiger partial charge in [-0.3, -0.25) is 9.69 Å². The molecule has 29 heavy (non-hydrogen) atoms. The second-order valence-corrected chi connectivity index (χ2v) is 9.00. The molecule has 7 heteroatoms. The Kier molecular flexibility index (Phi) is 6.23. The monoisotopic (exact) mass is 476 g/mol. The number of rotatable bonds is 6. The van der Waals surface area contributed by atoms with Crippen LogP contribution in [0.1, 0.15) is 36.0 Å². The van der Waals surface area contributed by atoms with E-state index >= 15 is 0 Å². The summed E-state index contributed by atoms with van der Waals surface area (Å²) >= 11 is 9.68. The van der Waals surface area contributed by atoms with E-state index in [2.05, 4.69) is 32.1 Å². The fourth-order valence-electron chi connectivity index (χ4n) is 3.95. The first kappa shape index (κ1) is 20.4. The summed E-state index contributed by atoms with van der Waals surface area (Å²) < 4.78 is 5.80. The fraction of sp³-hybridized carbons (Fsp3) is 0.364. The maximum atomic E-state index is 10.3. The summed E-state index contributed by atoms with van der Waals surface area (Å²) in [6.45, 7) is 3.57. The van der Waals surface area contributed by atoms with Crippen LogP contribution < -0.4 is 0 Å². The lowest BCUT2D eigenvalue weighted by Gasteiger charge is -2.37. The minimum atomic E-state index is -0.194. The van der Waals surface area contributed by atoms with Gasteiger partial charge in [0.05, 0.1) is 5.71 Å². The van der Waals surface area contributed by atoms with E-state index in [-0.39, 0.29) is 12.2 Å². The number of carbonyl (C=O) groups is 1. The molecule has 2 aromatic carbocycles. The highest BCUT2D eigenvalue weighted by atomic mass is 79.9. The molecule has 1 saturated heterocycles. The highest BCUT2D eigenvalue weighted by molar-refractivity contribution is 9.10. The number of ether oxygens (including phenoxy) is 1. The summed E-state index contributed by atoms with van der Waals surface area (Å²) in [5, 5.41) is 5.15. The first-order chi connectivity index (χ1) is 14.0. The van der Waals surface area contributed by atoms with Crippen LogP contribution in [0.25, 0.3) is 0 Å². The van der Waals surface area contributed by atoms with Crippen molar-refractivity contribution in [3.63, 3.8) is 0 Å². The largest absolute Gasteiger partial charge is 0.463 e. The van der Waals surface area contributed by atoms with E-state index in [1.807, 2.05) is 36.4 Å². The Balaban J connectivity index is 1.32. The van der Waals surface area contributed by atoms with Crippen LogP contribution >= 0.6 is 27.5 Å². The Morgan fingerprint density at radius 3 is 2.62 bits per heavy atom. The summed E-state index contributed by atoms with van der Waals surface area (Å²) in [5.41, 5.74) is 4.02. The molecule has 1 fully saturated rings. The summed E-state index contributed by atoms with van der Waals surface area (Å²) in [6, 6.07) is 14.0. The van der Waals surface area contributed by atoms with E-state index in [4.69, 9.17) is 21.2 Å². The third-order valence-electron chi connectivity index (χ3n) is 5.54.